The first-order chi connectivity index (χ1) is 15.8. The van der Waals surface area contributed by atoms with E-state index in [1.165, 1.54) is 6.07 Å². The molecule has 2 aromatic rings. The second-order valence-electron chi connectivity index (χ2n) is 8.18. The molecule has 0 atom stereocenters. The van der Waals surface area contributed by atoms with E-state index in [1.54, 1.807) is 12.1 Å². The van der Waals surface area contributed by atoms with Gasteiger partial charge in [0.05, 0.1) is 10.2 Å². The maximum absolute atomic E-state index is 12.4. The van der Waals surface area contributed by atoms with Crippen molar-refractivity contribution in [1.29, 1.82) is 0 Å². The molecule has 0 aliphatic carbocycles. The van der Waals surface area contributed by atoms with E-state index in [2.05, 4.69) is 30.7 Å². The number of carbonyl (C=O) groups is 1. The summed E-state index contributed by atoms with van der Waals surface area (Å²) in [5.74, 6) is -0.253. The number of piperidine rings is 1. The smallest absolute Gasteiger partial charge is 0.463 e. The summed E-state index contributed by atoms with van der Waals surface area (Å²) in [5.41, 5.74) is 3.36. The number of carbonyl (C=O) groups excluding carboxylic acids is 1. The zero-order valence-corrected chi connectivity index (χ0v) is 19.2. The summed E-state index contributed by atoms with van der Waals surface area (Å²) in [7, 11) is 0. The van der Waals surface area contributed by atoms with Gasteiger partial charge in [-0.1, -0.05) is 35.5 Å². The van der Waals surface area contributed by atoms with Gasteiger partial charge in [-0.2, -0.15) is 0 Å². The normalized spacial score (nSPS) is 18.0. The number of ether oxygens (including phenoxy) is 2. The van der Waals surface area contributed by atoms with E-state index >= 15 is 0 Å². The van der Waals surface area contributed by atoms with Crippen LogP contribution in [-0.4, -0.2) is 42.1 Å². The van der Waals surface area contributed by atoms with E-state index in [0.717, 1.165) is 54.8 Å². The highest BCUT2D eigenvalue weighted by Crippen LogP contribution is 2.37. The predicted octanol–water partition coefficient (Wildman–Crippen LogP) is 5.18. The lowest BCUT2D eigenvalue weighted by atomic mass is 9.85. The lowest BCUT2D eigenvalue weighted by molar-refractivity contribution is -0.274. The average Bonchev–Trinajstić information content (AvgIpc) is 3.19. The minimum absolute atomic E-state index is 0.237. The molecule has 6 nitrogen and oxygen atoms in total. The van der Waals surface area contributed by atoms with Crippen LogP contribution in [0, 0.1) is 0 Å². The summed E-state index contributed by atoms with van der Waals surface area (Å²) < 4.78 is 46.4. The van der Waals surface area contributed by atoms with Crippen molar-refractivity contribution in [1.82, 2.24) is 4.90 Å². The molecular weight excluding hydrogens is 505 g/mol. The lowest BCUT2D eigenvalue weighted by Crippen LogP contribution is -2.44. The Morgan fingerprint density at radius 3 is 2.45 bits per heavy atom. The molecule has 2 heterocycles. The topological polar surface area (TPSA) is 60.4 Å². The van der Waals surface area contributed by atoms with Crippen LogP contribution in [-0.2, 0) is 27.5 Å². The molecule has 0 radical (unpaired) electrons. The third-order valence-corrected chi connectivity index (χ3v) is 6.46. The van der Waals surface area contributed by atoms with Crippen molar-refractivity contribution in [2.24, 2.45) is 5.16 Å². The van der Waals surface area contributed by atoms with Gasteiger partial charge in [0.1, 0.15) is 18.0 Å². The molecule has 10 heteroatoms. The van der Waals surface area contributed by atoms with E-state index in [-0.39, 0.29) is 22.4 Å². The van der Waals surface area contributed by atoms with E-state index in [1.807, 2.05) is 24.3 Å². The number of hydrogen-bond donors (Lipinski definition) is 0. The molecule has 1 fully saturated rings. The second kappa shape index (κ2) is 9.72. The Hall–Kier alpha value is -2.59. The molecule has 2 aliphatic rings. The molecule has 0 unspecified atom stereocenters. The minimum Gasteiger partial charge on any atom is -0.463 e. The molecule has 33 heavy (non-hydrogen) atoms. The van der Waals surface area contributed by atoms with Crippen molar-refractivity contribution >= 4 is 28.1 Å². The standard InChI is InChI=1S/C23H22BrF3N2O4/c24-19-11-17(3-6-21(19)32-23(25,26)27)13-29-9-7-22(8-10-29)12-20(28-33-22)18-4-1-16(2-5-18)14-31-15-30/h1-6,11,15H,7-10,12-14H2. The fourth-order valence-corrected chi connectivity index (χ4v) is 4.60. The van der Waals surface area contributed by atoms with Crippen LogP contribution >= 0.6 is 15.9 Å². The van der Waals surface area contributed by atoms with E-state index in [0.29, 0.717) is 13.0 Å². The van der Waals surface area contributed by atoms with Gasteiger partial charge in [-0.25, -0.2) is 0 Å². The zero-order chi connectivity index (χ0) is 23.5. The van der Waals surface area contributed by atoms with Gasteiger partial charge in [-0.3, -0.25) is 9.69 Å². The molecule has 1 saturated heterocycles. The highest BCUT2D eigenvalue weighted by atomic mass is 79.9. The summed E-state index contributed by atoms with van der Waals surface area (Å²) in [6, 6.07) is 12.3. The third-order valence-electron chi connectivity index (χ3n) is 5.84. The van der Waals surface area contributed by atoms with Gasteiger partial charge < -0.3 is 14.3 Å². The molecule has 176 valence electrons. The summed E-state index contributed by atoms with van der Waals surface area (Å²) in [6.07, 6.45) is -2.39. The van der Waals surface area contributed by atoms with Gasteiger partial charge in [0.25, 0.3) is 6.47 Å². The Bertz CT molecular complexity index is 1020. The number of rotatable bonds is 7. The number of nitrogens with zero attached hydrogens (tertiary/aromatic N) is 2. The van der Waals surface area contributed by atoms with Crippen LogP contribution in [0.3, 0.4) is 0 Å². The molecule has 0 amide bonds. The number of likely N-dealkylation sites (tertiary alicyclic amines) is 1. The first-order valence-corrected chi connectivity index (χ1v) is 11.2. The Labute approximate surface area is 197 Å². The van der Waals surface area contributed by atoms with Crippen LogP contribution in [0.15, 0.2) is 52.1 Å². The molecule has 0 aromatic heterocycles. The number of hydrogen-bond acceptors (Lipinski definition) is 6. The van der Waals surface area contributed by atoms with Gasteiger partial charge in [0, 0.05) is 38.9 Å². The average molecular weight is 527 g/mol. The van der Waals surface area contributed by atoms with Crippen molar-refractivity contribution in [3.05, 3.63) is 63.6 Å². The SMILES string of the molecule is O=COCc1ccc(C2=NOC3(CCN(Cc4ccc(OC(F)(F)F)c(Br)c4)CC3)C2)cc1. The Morgan fingerprint density at radius 2 is 1.82 bits per heavy atom. The van der Waals surface area contributed by atoms with Gasteiger partial charge in [0.15, 0.2) is 0 Å². The molecule has 0 saturated carbocycles. The Balaban J connectivity index is 1.29. The Morgan fingerprint density at radius 1 is 1.12 bits per heavy atom. The second-order valence-corrected chi connectivity index (χ2v) is 9.04. The predicted molar refractivity (Wildman–Crippen MR) is 118 cm³/mol. The maximum atomic E-state index is 12.4. The lowest BCUT2D eigenvalue weighted by Gasteiger charge is -2.37. The molecular formula is C23H22BrF3N2O4. The van der Waals surface area contributed by atoms with Gasteiger partial charge in [-0.15, -0.1) is 13.2 Å². The monoisotopic (exact) mass is 526 g/mol. The maximum Gasteiger partial charge on any atom is 0.573 e. The third kappa shape index (κ3) is 6.05. The number of oxime groups is 1. The van der Waals surface area contributed by atoms with E-state index in [4.69, 9.17) is 9.57 Å². The zero-order valence-electron chi connectivity index (χ0n) is 17.6. The number of alkyl halides is 3. The first kappa shape index (κ1) is 23.6. The van der Waals surface area contributed by atoms with Gasteiger partial charge in [0.2, 0.25) is 0 Å². The fourth-order valence-electron chi connectivity index (χ4n) is 4.10. The number of halogens is 4. The molecule has 2 aliphatic heterocycles. The highest BCUT2D eigenvalue weighted by molar-refractivity contribution is 9.10. The van der Waals surface area contributed by atoms with Crippen LogP contribution in [0.5, 0.6) is 5.75 Å². The highest BCUT2D eigenvalue weighted by Gasteiger charge is 2.42. The van der Waals surface area contributed by atoms with Crippen LogP contribution < -0.4 is 4.74 Å². The van der Waals surface area contributed by atoms with Crippen molar-refractivity contribution in [2.45, 2.75) is 44.4 Å². The van der Waals surface area contributed by atoms with Crippen LogP contribution in [0.2, 0.25) is 0 Å². The molecule has 1 spiro atoms. The summed E-state index contributed by atoms with van der Waals surface area (Å²) in [5, 5.41) is 4.33. The van der Waals surface area contributed by atoms with E-state index < -0.39 is 6.36 Å². The molecule has 0 N–H and O–H groups in total. The minimum atomic E-state index is -4.72. The van der Waals surface area contributed by atoms with Crippen LogP contribution in [0.4, 0.5) is 13.2 Å². The van der Waals surface area contributed by atoms with Crippen molar-refractivity contribution in [3.63, 3.8) is 0 Å². The summed E-state index contributed by atoms with van der Waals surface area (Å²) in [6.45, 7) is 2.88. The van der Waals surface area contributed by atoms with Gasteiger partial charge >= 0.3 is 6.36 Å². The van der Waals surface area contributed by atoms with E-state index in [9.17, 15) is 18.0 Å². The largest absolute Gasteiger partial charge is 0.573 e. The van der Waals surface area contributed by atoms with Crippen LogP contribution in [0.25, 0.3) is 0 Å². The first-order valence-electron chi connectivity index (χ1n) is 10.4. The number of benzene rings is 2. The Kier molecular flexibility index (Phi) is 6.94. The molecule has 4 rings (SSSR count). The molecule has 0 bridgehead atoms. The quantitative estimate of drug-likeness (QED) is 0.465. The fraction of sp³-hybridized carbons (Fsp3) is 0.391. The van der Waals surface area contributed by atoms with Crippen molar-refractivity contribution in [3.8, 4) is 5.75 Å². The molecule has 2 aromatic carbocycles. The summed E-state index contributed by atoms with van der Waals surface area (Å²) >= 11 is 3.16. The van der Waals surface area contributed by atoms with Gasteiger partial charge in [-0.05, 0) is 44.8 Å². The summed E-state index contributed by atoms with van der Waals surface area (Å²) in [4.78, 5) is 18.5. The van der Waals surface area contributed by atoms with Crippen molar-refractivity contribution in [2.75, 3.05) is 13.1 Å². The van der Waals surface area contributed by atoms with Crippen molar-refractivity contribution < 1.29 is 32.3 Å². The van der Waals surface area contributed by atoms with Crippen LogP contribution in [0.1, 0.15) is 36.0 Å².